The Hall–Kier alpha value is -3.12. The van der Waals surface area contributed by atoms with E-state index in [4.69, 9.17) is 9.72 Å². The largest absolute Gasteiger partial charge is 0.495 e. The first-order valence-electron chi connectivity index (χ1n) is 9.72. The van der Waals surface area contributed by atoms with Gasteiger partial charge < -0.3 is 15.0 Å². The fourth-order valence-electron chi connectivity index (χ4n) is 3.31. The summed E-state index contributed by atoms with van der Waals surface area (Å²) >= 11 is 1.65. The molecule has 0 aliphatic heterocycles. The van der Waals surface area contributed by atoms with Crippen LogP contribution in [-0.2, 0) is 0 Å². The Bertz CT molecular complexity index is 1100. The van der Waals surface area contributed by atoms with Crippen molar-refractivity contribution in [3.63, 3.8) is 0 Å². The molecule has 5 nitrogen and oxygen atoms in total. The second-order valence-electron chi connectivity index (χ2n) is 6.66. The van der Waals surface area contributed by atoms with E-state index in [1.54, 1.807) is 24.6 Å². The lowest BCUT2D eigenvalue weighted by molar-refractivity contribution is 0.413. The van der Waals surface area contributed by atoms with Gasteiger partial charge in [-0.2, -0.15) is 0 Å². The number of rotatable bonds is 7. The third-order valence-electron chi connectivity index (χ3n) is 4.92. The van der Waals surface area contributed by atoms with Crippen molar-refractivity contribution in [1.82, 2.24) is 9.97 Å². The fourth-order valence-corrected chi connectivity index (χ4v) is 4.24. The first-order valence-corrected chi connectivity index (χ1v) is 10.5. The number of methoxy groups -OCH3 is 1. The zero-order valence-electron chi connectivity index (χ0n) is 16.8. The van der Waals surface area contributed by atoms with Crippen LogP contribution in [0.2, 0.25) is 0 Å². The predicted octanol–water partition coefficient (Wildman–Crippen LogP) is 5.96. The highest BCUT2D eigenvalue weighted by molar-refractivity contribution is 7.22. The maximum absolute atomic E-state index is 5.29. The van der Waals surface area contributed by atoms with Crippen LogP contribution in [0.4, 0.5) is 16.5 Å². The van der Waals surface area contributed by atoms with Crippen LogP contribution in [-0.4, -0.2) is 30.2 Å². The first-order chi connectivity index (χ1) is 14.2. The van der Waals surface area contributed by atoms with E-state index in [9.17, 15) is 0 Å². The molecule has 0 amide bonds. The summed E-state index contributed by atoms with van der Waals surface area (Å²) in [6.45, 7) is 6.36. The van der Waals surface area contributed by atoms with Crippen molar-refractivity contribution in [2.75, 3.05) is 30.4 Å². The minimum Gasteiger partial charge on any atom is -0.495 e. The van der Waals surface area contributed by atoms with Crippen LogP contribution in [0.3, 0.4) is 0 Å². The Morgan fingerprint density at radius 1 is 0.966 bits per heavy atom. The molecule has 0 fully saturated rings. The topological polar surface area (TPSA) is 50.3 Å². The van der Waals surface area contributed by atoms with Gasteiger partial charge in [-0.15, -0.1) is 0 Å². The average Bonchev–Trinajstić information content (AvgIpc) is 3.17. The summed E-state index contributed by atoms with van der Waals surface area (Å²) in [5.41, 5.74) is 5.39. The third-order valence-corrected chi connectivity index (χ3v) is 5.85. The minimum atomic E-state index is 0.752. The van der Waals surface area contributed by atoms with Gasteiger partial charge in [0.05, 0.1) is 23.5 Å². The van der Waals surface area contributed by atoms with Gasteiger partial charge in [0.25, 0.3) is 0 Å². The second kappa shape index (κ2) is 8.49. The normalized spacial score (nSPS) is 10.9. The highest BCUT2D eigenvalue weighted by Crippen LogP contribution is 2.33. The number of thiazole rings is 1. The van der Waals surface area contributed by atoms with Crippen molar-refractivity contribution >= 4 is 38.1 Å². The van der Waals surface area contributed by atoms with E-state index in [0.29, 0.717) is 0 Å². The fraction of sp³-hybridized carbons (Fsp3) is 0.217. The molecule has 0 bridgehead atoms. The van der Waals surface area contributed by atoms with Gasteiger partial charge in [-0.1, -0.05) is 17.4 Å². The molecule has 0 atom stereocenters. The number of anilines is 3. The highest BCUT2D eigenvalue weighted by Gasteiger charge is 2.08. The van der Waals surface area contributed by atoms with Crippen LogP contribution in [0, 0.1) is 0 Å². The maximum Gasteiger partial charge on any atom is 0.188 e. The highest BCUT2D eigenvalue weighted by atomic mass is 32.1. The van der Waals surface area contributed by atoms with E-state index in [1.807, 2.05) is 12.3 Å². The Labute approximate surface area is 175 Å². The quantitative estimate of drug-likeness (QED) is 0.412. The summed E-state index contributed by atoms with van der Waals surface area (Å²) in [4.78, 5) is 11.3. The molecule has 6 heteroatoms. The standard InChI is InChI=1S/C23H24N4OS/c1-4-27(5-2)19-9-7-18(8-10-19)25-23-26-21-11-6-16(13-22(21)29-23)17-12-20(28-3)15-24-14-17/h6-15H,4-5H2,1-3H3,(H,25,26). The predicted molar refractivity (Wildman–Crippen MR) is 123 cm³/mol. The number of hydrogen-bond acceptors (Lipinski definition) is 6. The Morgan fingerprint density at radius 2 is 1.76 bits per heavy atom. The summed E-state index contributed by atoms with van der Waals surface area (Å²) in [5.74, 6) is 0.752. The summed E-state index contributed by atoms with van der Waals surface area (Å²) < 4.78 is 6.42. The molecule has 0 saturated carbocycles. The lowest BCUT2D eigenvalue weighted by atomic mass is 10.1. The van der Waals surface area contributed by atoms with Crippen LogP contribution < -0.4 is 15.0 Å². The van der Waals surface area contributed by atoms with Crippen LogP contribution in [0.1, 0.15) is 13.8 Å². The molecule has 29 heavy (non-hydrogen) atoms. The molecule has 148 valence electrons. The lowest BCUT2D eigenvalue weighted by Gasteiger charge is -2.21. The number of nitrogens with one attached hydrogen (secondary N) is 1. The number of nitrogens with zero attached hydrogens (tertiary/aromatic N) is 3. The zero-order chi connectivity index (χ0) is 20.2. The molecular weight excluding hydrogens is 380 g/mol. The van der Waals surface area contributed by atoms with Gasteiger partial charge in [0.15, 0.2) is 5.13 Å². The van der Waals surface area contributed by atoms with Gasteiger partial charge >= 0.3 is 0 Å². The molecule has 0 radical (unpaired) electrons. The zero-order valence-corrected chi connectivity index (χ0v) is 17.7. The van der Waals surface area contributed by atoms with Gasteiger partial charge in [-0.05, 0) is 61.9 Å². The van der Waals surface area contributed by atoms with Gasteiger partial charge in [-0.3, -0.25) is 4.98 Å². The molecule has 0 unspecified atom stereocenters. The Morgan fingerprint density at radius 3 is 2.48 bits per heavy atom. The molecule has 1 N–H and O–H groups in total. The molecule has 0 spiro atoms. The van der Waals surface area contributed by atoms with E-state index in [-0.39, 0.29) is 0 Å². The van der Waals surface area contributed by atoms with Crippen LogP contribution in [0.15, 0.2) is 60.9 Å². The number of aromatic nitrogens is 2. The van der Waals surface area contributed by atoms with Crippen LogP contribution in [0.5, 0.6) is 5.75 Å². The van der Waals surface area contributed by atoms with E-state index < -0.39 is 0 Å². The van der Waals surface area contributed by atoms with E-state index in [2.05, 4.69) is 71.5 Å². The average molecular weight is 405 g/mol. The minimum absolute atomic E-state index is 0.752. The number of ether oxygens (including phenoxy) is 1. The van der Waals surface area contributed by atoms with Gasteiger partial charge in [0, 0.05) is 36.2 Å². The van der Waals surface area contributed by atoms with Crippen molar-refractivity contribution in [2.24, 2.45) is 0 Å². The number of pyridine rings is 1. The molecule has 2 heterocycles. The number of benzene rings is 2. The van der Waals surface area contributed by atoms with Crippen molar-refractivity contribution in [3.8, 4) is 16.9 Å². The molecule has 4 rings (SSSR count). The summed E-state index contributed by atoms with van der Waals surface area (Å²) in [5, 5.41) is 4.32. The first kappa shape index (κ1) is 19.2. The summed E-state index contributed by atoms with van der Waals surface area (Å²) in [6, 6.07) is 16.8. The van der Waals surface area contributed by atoms with Gasteiger partial charge in [0.1, 0.15) is 5.75 Å². The summed E-state index contributed by atoms with van der Waals surface area (Å²) in [7, 11) is 1.65. The molecule has 2 aromatic heterocycles. The third kappa shape index (κ3) is 4.17. The Kier molecular flexibility index (Phi) is 5.62. The number of hydrogen-bond donors (Lipinski definition) is 1. The van der Waals surface area contributed by atoms with Crippen LogP contribution in [0.25, 0.3) is 21.3 Å². The lowest BCUT2D eigenvalue weighted by Crippen LogP contribution is -2.21. The molecular formula is C23H24N4OS. The van der Waals surface area contributed by atoms with Crippen molar-refractivity contribution < 1.29 is 4.74 Å². The van der Waals surface area contributed by atoms with Crippen molar-refractivity contribution in [1.29, 1.82) is 0 Å². The smallest absolute Gasteiger partial charge is 0.188 e. The molecule has 0 saturated heterocycles. The summed E-state index contributed by atoms with van der Waals surface area (Å²) in [6.07, 6.45) is 3.56. The second-order valence-corrected chi connectivity index (χ2v) is 7.69. The Balaban J connectivity index is 1.56. The van der Waals surface area contributed by atoms with E-state index >= 15 is 0 Å². The van der Waals surface area contributed by atoms with E-state index in [1.165, 1.54) is 5.69 Å². The number of fused-ring (bicyclic) bond motifs is 1. The van der Waals surface area contributed by atoms with Crippen LogP contribution >= 0.6 is 11.3 Å². The SMILES string of the molecule is CCN(CC)c1ccc(Nc2nc3ccc(-c4cncc(OC)c4)cc3s2)cc1. The maximum atomic E-state index is 5.29. The van der Waals surface area contributed by atoms with Crippen molar-refractivity contribution in [3.05, 3.63) is 60.9 Å². The molecule has 0 aliphatic rings. The van der Waals surface area contributed by atoms with Crippen molar-refractivity contribution in [2.45, 2.75) is 13.8 Å². The molecule has 0 aliphatic carbocycles. The monoisotopic (exact) mass is 404 g/mol. The van der Waals surface area contributed by atoms with Gasteiger partial charge in [-0.25, -0.2) is 4.98 Å². The van der Waals surface area contributed by atoms with Gasteiger partial charge in [0.2, 0.25) is 0 Å². The molecule has 4 aromatic rings. The van der Waals surface area contributed by atoms with E-state index in [0.717, 1.165) is 51.0 Å². The molecule has 2 aromatic carbocycles.